The molecule has 0 spiro atoms. The zero-order chi connectivity index (χ0) is 9.56. The molecule has 0 unspecified atom stereocenters. The van der Waals surface area contributed by atoms with E-state index >= 15 is 0 Å². The zero-order valence-corrected chi connectivity index (χ0v) is 7.18. The van der Waals surface area contributed by atoms with Crippen LogP contribution in [0.4, 0.5) is 0 Å². The van der Waals surface area contributed by atoms with Crippen molar-refractivity contribution in [3.8, 4) is 0 Å². The van der Waals surface area contributed by atoms with Crippen LogP contribution in [0, 0.1) is 0 Å². The van der Waals surface area contributed by atoms with Crippen molar-refractivity contribution in [1.82, 2.24) is 10.9 Å². The van der Waals surface area contributed by atoms with Gasteiger partial charge in [0.2, 0.25) is 0 Å². The van der Waals surface area contributed by atoms with Gasteiger partial charge < -0.3 is 0 Å². The second kappa shape index (κ2) is 5.12. The van der Waals surface area contributed by atoms with Gasteiger partial charge in [-0.05, 0) is 19.9 Å². The third-order valence-electron chi connectivity index (χ3n) is 0.914. The molecule has 0 bridgehead atoms. The molecule has 0 heterocycles. The number of rotatable bonds is 2. The van der Waals surface area contributed by atoms with Crippen LogP contribution in [0.25, 0.3) is 0 Å². The maximum absolute atomic E-state index is 10.8. The second-order valence-electron chi connectivity index (χ2n) is 2.40. The summed E-state index contributed by atoms with van der Waals surface area (Å²) >= 11 is 0. The maximum atomic E-state index is 10.8. The van der Waals surface area contributed by atoms with Crippen LogP contribution in [0.15, 0.2) is 24.3 Å². The Morgan fingerprint density at radius 2 is 1.67 bits per heavy atom. The number of hydrogen-bond acceptors (Lipinski definition) is 2. The Morgan fingerprint density at radius 1 is 1.17 bits per heavy atom. The molecular weight excluding hydrogens is 156 g/mol. The van der Waals surface area contributed by atoms with Gasteiger partial charge in [0.15, 0.2) is 0 Å². The molecule has 12 heavy (non-hydrogen) atoms. The van der Waals surface area contributed by atoms with E-state index < -0.39 is 5.91 Å². The standard InChI is InChI=1S/C8H12N2O2/c1-4-7(11)9-10-8(12)5-6(2)3/h4-5H,1H2,2-3H3,(H,9,11)(H,10,12). The molecule has 0 aromatic carbocycles. The minimum atomic E-state index is -0.439. The Balaban J connectivity index is 3.80. The van der Waals surface area contributed by atoms with Gasteiger partial charge in [0, 0.05) is 6.08 Å². The van der Waals surface area contributed by atoms with E-state index in [-0.39, 0.29) is 5.91 Å². The predicted octanol–water partition coefficient (Wildman–Crippen LogP) is 0.286. The van der Waals surface area contributed by atoms with E-state index in [1.165, 1.54) is 6.08 Å². The lowest BCUT2D eigenvalue weighted by atomic mass is 10.3. The van der Waals surface area contributed by atoms with E-state index in [9.17, 15) is 9.59 Å². The first-order chi connectivity index (χ1) is 5.56. The van der Waals surface area contributed by atoms with Gasteiger partial charge in [-0.1, -0.05) is 12.2 Å². The summed E-state index contributed by atoms with van der Waals surface area (Å²) in [5, 5.41) is 0. The van der Waals surface area contributed by atoms with Crippen LogP contribution in [-0.4, -0.2) is 11.8 Å². The summed E-state index contributed by atoms with van der Waals surface area (Å²) in [5.74, 6) is -0.796. The van der Waals surface area contributed by atoms with Gasteiger partial charge in [-0.3, -0.25) is 20.4 Å². The number of carbonyl (C=O) groups excluding carboxylic acids is 2. The molecule has 0 rings (SSSR count). The van der Waals surface area contributed by atoms with E-state index in [0.717, 1.165) is 11.6 Å². The lowest BCUT2D eigenvalue weighted by Gasteiger charge is -2.00. The van der Waals surface area contributed by atoms with Gasteiger partial charge in [0.1, 0.15) is 0 Å². The molecule has 0 saturated heterocycles. The van der Waals surface area contributed by atoms with Gasteiger partial charge in [-0.2, -0.15) is 0 Å². The van der Waals surface area contributed by atoms with Crippen molar-refractivity contribution < 1.29 is 9.59 Å². The molecule has 2 amide bonds. The molecule has 0 aliphatic carbocycles. The molecule has 0 aliphatic rings. The minimum Gasteiger partial charge on any atom is -0.268 e. The molecule has 0 aromatic rings. The number of allylic oxidation sites excluding steroid dienone is 1. The van der Waals surface area contributed by atoms with Crippen LogP contribution >= 0.6 is 0 Å². The summed E-state index contributed by atoms with van der Waals surface area (Å²) in [6.45, 7) is 6.79. The number of hydrogen-bond donors (Lipinski definition) is 2. The topological polar surface area (TPSA) is 58.2 Å². The van der Waals surface area contributed by atoms with E-state index in [2.05, 4.69) is 17.4 Å². The third kappa shape index (κ3) is 5.22. The van der Waals surface area contributed by atoms with Gasteiger partial charge in [-0.15, -0.1) is 0 Å². The number of nitrogens with one attached hydrogen (secondary N) is 2. The largest absolute Gasteiger partial charge is 0.268 e. The van der Waals surface area contributed by atoms with Crippen molar-refractivity contribution in [3.05, 3.63) is 24.3 Å². The lowest BCUT2D eigenvalue weighted by molar-refractivity contribution is -0.123. The summed E-state index contributed by atoms with van der Waals surface area (Å²) in [4.78, 5) is 21.4. The smallest absolute Gasteiger partial charge is 0.262 e. The average Bonchev–Trinajstić information content (AvgIpc) is 1.99. The first kappa shape index (κ1) is 10.4. The highest BCUT2D eigenvalue weighted by atomic mass is 16.2. The zero-order valence-electron chi connectivity index (χ0n) is 7.18. The van der Waals surface area contributed by atoms with Gasteiger partial charge in [-0.25, -0.2) is 0 Å². The summed E-state index contributed by atoms with van der Waals surface area (Å²) in [6.07, 6.45) is 2.45. The molecule has 0 saturated carbocycles. The number of hydrazine groups is 1. The normalized spacial score (nSPS) is 8.17. The molecule has 0 fully saturated rings. The quantitative estimate of drug-likeness (QED) is 0.460. The van der Waals surface area contributed by atoms with Crippen LogP contribution in [0.5, 0.6) is 0 Å². The van der Waals surface area contributed by atoms with Crippen molar-refractivity contribution in [3.63, 3.8) is 0 Å². The van der Waals surface area contributed by atoms with Gasteiger partial charge in [0.25, 0.3) is 11.8 Å². The highest BCUT2D eigenvalue weighted by Gasteiger charge is 1.96. The third-order valence-corrected chi connectivity index (χ3v) is 0.914. The maximum Gasteiger partial charge on any atom is 0.262 e. The van der Waals surface area contributed by atoms with Crippen LogP contribution in [0.1, 0.15) is 13.8 Å². The van der Waals surface area contributed by atoms with Crippen LogP contribution < -0.4 is 10.9 Å². The fraction of sp³-hybridized carbons (Fsp3) is 0.250. The highest BCUT2D eigenvalue weighted by Crippen LogP contribution is 1.85. The Bertz CT molecular complexity index is 227. The SMILES string of the molecule is C=CC(=O)NNC(=O)C=C(C)C. The first-order valence-electron chi connectivity index (χ1n) is 3.43. The van der Waals surface area contributed by atoms with Crippen LogP contribution in [-0.2, 0) is 9.59 Å². The first-order valence-corrected chi connectivity index (χ1v) is 3.43. The molecule has 2 N–H and O–H groups in total. The fourth-order valence-corrected chi connectivity index (χ4v) is 0.473. The summed E-state index contributed by atoms with van der Waals surface area (Å²) < 4.78 is 0. The highest BCUT2D eigenvalue weighted by molar-refractivity contribution is 5.92. The van der Waals surface area contributed by atoms with Crippen LogP contribution in [0.2, 0.25) is 0 Å². The molecule has 0 atom stereocenters. The Labute approximate surface area is 71.3 Å². The van der Waals surface area contributed by atoms with E-state index in [1.807, 2.05) is 0 Å². The van der Waals surface area contributed by atoms with Crippen molar-refractivity contribution in [2.45, 2.75) is 13.8 Å². The van der Waals surface area contributed by atoms with Gasteiger partial charge in [0.05, 0.1) is 0 Å². The molecule has 0 radical (unpaired) electrons. The Kier molecular flexibility index (Phi) is 4.45. The number of amides is 2. The predicted molar refractivity (Wildman–Crippen MR) is 45.9 cm³/mol. The Morgan fingerprint density at radius 3 is 2.08 bits per heavy atom. The summed E-state index contributed by atoms with van der Waals surface area (Å²) in [6, 6.07) is 0. The van der Waals surface area contributed by atoms with E-state index in [1.54, 1.807) is 13.8 Å². The monoisotopic (exact) mass is 168 g/mol. The van der Waals surface area contributed by atoms with E-state index in [0.29, 0.717) is 0 Å². The molecule has 4 heteroatoms. The van der Waals surface area contributed by atoms with Crippen molar-refractivity contribution in [2.75, 3.05) is 0 Å². The summed E-state index contributed by atoms with van der Waals surface area (Å²) in [5.41, 5.74) is 5.18. The molecule has 66 valence electrons. The van der Waals surface area contributed by atoms with Crippen molar-refractivity contribution in [2.24, 2.45) is 0 Å². The fourth-order valence-electron chi connectivity index (χ4n) is 0.473. The minimum absolute atomic E-state index is 0.356. The molecule has 0 aromatic heterocycles. The Hall–Kier alpha value is -1.58. The average molecular weight is 168 g/mol. The number of carbonyl (C=O) groups is 2. The summed E-state index contributed by atoms with van der Waals surface area (Å²) in [7, 11) is 0. The second-order valence-corrected chi connectivity index (χ2v) is 2.40. The molecule has 0 aliphatic heterocycles. The van der Waals surface area contributed by atoms with E-state index in [4.69, 9.17) is 0 Å². The van der Waals surface area contributed by atoms with Crippen molar-refractivity contribution in [1.29, 1.82) is 0 Å². The van der Waals surface area contributed by atoms with Crippen molar-refractivity contribution >= 4 is 11.8 Å². The molecular formula is C8H12N2O2. The molecule has 4 nitrogen and oxygen atoms in total. The lowest BCUT2D eigenvalue weighted by Crippen LogP contribution is -2.39. The van der Waals surface area contributed by atoms with Crippen LogP contribution in [0.3, 0.4) is 0 Å². The van der Waals surface area contributed by atoms with Gasteiger partial charge >= 0.3 is 0 Å².